The molecule has 7 heteroatoms. The van der Waals surface area contributed by atoms with E-state index in [1.807, 2.05) is 0 Å². The van der Waals surface area contributed by atoms with Crippen LogP contribution in [0.1, 0.15) is 13.3 Å². The number of amides is 3. The van der Waals surface area contributed by atoms with Crippen LogP contribution in [0, 0.1) is 0 Å². The van der Waals surface area contributed by atoms with Crippen LogP contribution in [0.5, 0.6) is 0 Å². The minimum absolute atomic E-state index is 0.0271. The fraction of sp³-hybridized carbons (Fsp3) is 0.769. The van der Waals surface area contributed by atoms with Crippen molar-refractivity contribution in [2.75, 3.05) is 53.0 Å². The molecule has 0 unspecified atom stereocenters. The number of piperazine rings is 1. The molecule has 0 aromatic carbocycles. The van der Waals surface area contributed by atoms with Crippen molar-refractivity contribution in [1.29, 1.82) is 0 Å². The van der Waals surface area contributed by atoms with Crippen molar-refractivity contribution in [3.8, 4) is 0 Å². The summed E-state index contributed by atoms with van der Waals surface area (Å²) in [5.41, 5.74) is 0. The van der Waals surface area contributed by atoms with Crippen molar-refractivity contribution in [3.05, 3.63) is 0 Å². The number of carbonyl (C=O) groups is 3. The summed E-state index contributed by atoms with van der Waals surface area (Å²) in [6.07, 6.45) is 1.12. The zero-order valence-electron chi connectivity index (χ0n) is 12.2. The maximum Gasteiger partial charge on any atom is 0.224 e. The van der Waals surface area contributed by atoms with Crippen LogP contribution < -0.4 is 0 Å². The number of rotatable bonds is 7. The Morgan fingerprint density at radius 1 is 1.20 bits per heavy atom. The van der Waals surface area contributed by atoms with E-state index in [-0.39, 0.29) is 11.8 Å². The molecule has 0 saturated carbocycles. The number of hydrogen-bond acceptors (Lipinski definition) is 4. The Labute approximate surface area is 119 Å². The topological polar surface area (TPSA) is 70.2 Å². The van der Waals surface area contributed by atoms with E-state index < -0.39 is 0 Å². The molecule has 0 aromatic heterocycles. The van der Waals surface area contributed by atoms with Gasteiger partial charge in [-0.05, 0) is 0 Å². The van der Waals surface area contributed by atoms with Crippen LogP contribution in [0.3, 0.4) is 0 Å². The molecule has 0 N–H and O–H groups in total. The summed E-state index contributed by atoms with van der Waals surface area (Å²) in [5, 5.41) is 0. The molecule has 1 aliphatic rings. The first kappa shape index (κ1) is 16.4. The van der Waals surface area contributed by atoms with Gasteiger partial charge in [0.05, 0.1) is 6.61 Å². The first-order valence-corrected chi connectivity index (χ1v) is 6.80. The van der Waals surface area contributed by atoms with E-state index in [0.29, 0.717) is 52.3 Å². The first-order chi connectivity index (χ1) is 9.58. The second kappa shape index (κ2) is 8.52. The zero-order valence-corrected chi connectivity index (χ0v) is 12.2. The average Bonchev–Trinajstić information content (AvgIpc) is 2.46. The van der Waals surface area contributed by atoms with Crippen LogP contribution in [0.25, 0.3) is 0 Å². The third-order valence-electron chi connectivity index (χ3n) is 3.42. The van der Waals surface area contributed by atoms with Gasteiger partial charge in [0.25, 0.3) is 0 Å². The molecule has 3 amide bonds. The summed E-state index contributed by atoms with van der Waals surface area (Å²) in [4.78, 5) is 39.1. The molecular formula is C13H23N3O4. The Bertz CT molecular complexity index is 341. The maximum absolute atomic E-state index is 12.0. The summed E-state index contributed by atoms with van der Waals surface area (Å²) >= 11 is 0. The van der Waals surface area contributed by atoms with Gasteiger partial charge in [-0.2, -0.15) is 0 Å². The molecule has 0 radical (unpaired) electrons. The second-order valence-corrected chi connectivity index (χ2v) is 4.77. The molecule has 0 aliphatic carbocycles. The van der Waals surface area contributed by atoms with Gasteiger partial charge in [0.15, 0.2) is 0 Å². The van der Waals surface area contributed by atoms with Crippen molar-refractivity contribution < 1.29 is 19.1 Å². The van der Waals surface area contributed by atoms with Crippen molar-refractivity contribution in [1.82, 2.24) is 14.7 Å². The van der Waals surface area contributed by atoms with E-state index in [4.69, 9.17) is 4.74 Å². The molecule has 1 saturated heterocycles. The van der Waals surface area contributed by atoms with E-state index in [1.165, 1.54) is 6.92 Å². The maximum atomic E-state index is 12.0. The Hall–Kier alpha value is -1.63. The number of hydrogen-bond donors (Lipinski definition) is 0. The predicted octanol–water partition coefficient (Wildman–Crippen LogP) is -0.828. The Morgan fingerprint density at radius 3 is 2.35 bits per heavy atom. The van der Waals surface area contributed by atoms with Crippen LogP contribution in [0.2, 0.25) is 0 Å². The lowest BCUT2D eigenvalue weighted by atomic mass is 10.2. The summed E-state index contributed by atoms with van der Waals surface area (Å²) in [7, 11) is 1.58. The Balaban J connectivity index is 2.34. The third-order valence-corrected chi connectivity index (χ3v) is 3.42. The van der Waals surface area contributed by atoms with Gasteiger partial charge in [-0.1, -0.05) is 0 Å². The molecule has 1 rings (SSSR count). The highest BCUT2D eigenvalue weighted by molar-refractivity contribution is 5.78. The van der Waals surface area contributed by atoms with Crippen molar-refractivity contribution in [2.24, 2.45) is 0 Å². The smallest absolute Gasteiger partial charge is 0.224 e. The SMILES string of the molecule is COCCN(CCC(=O)N1CCN(C=O)CC1)C(C)=O. The largest absolute Gasteiger partial charge is 0.383 e. The molecule has 1 heterocycles. The van der Waals surface area contributed by atoms with E-state index in [9.17, 15) is 14.4 Å². The zero-order chi connectivity index (χ0) is 15.0. The van der Waals surface area contributed by atoms with Crippen molar-refractivity contribution in [3.63, 3.8) is 0 Å². The highest BCUT2D eigenvalue weighted by Gasteiger charge is 2.20. The average molecular weight is 285 g/mol. The van der Waals surface area contributed by atoms with Gasteiger partial charge in [0, 0.05) is 59.7 Å². The fourth-order valence-electron chi connectivity index (χ4n) is 2.09. The summed E-state index contributed by atoms with van der Waals surface area (Å²) in [6, 6.07) is 0. The first-order valence-electron chi connectivity index (χ1n) is 6.80. The normalized spacial score (nSPS) is 15.1. The van der Waals surface area contributed by atoms with Crippen molar-refractivity contribution >= 4 is 18.2 Å². The minimum Gasteiger partial charge on any atom is -0.383 e. The molecule has 0 atom stereocenters. The lowest BCUT2D eigenvalue weighted by molar-refractivity contribution is -0.136. The molecule has 0 aromatic rings. The van der Waals surface area contributed by atoms with E-state index in [0.717, 1.165) is 6.41 Å². The predicted molar refractivity (Wildman–Crippen MR) is 73.0 cm³/mol. The summed E-state index contributed by atoms with van der Waals surface area (Å²) in [5.74, 6) is -0.0279. The highest BCUT2D eigenvalue weighted by atomic mass is 16.5. The second-order valence-electron chi connectivity index (χ2n) is 4.77. The van der Waals surface area contributed by atoms with Crippen LogP contribution >= 0.6 is 0 Å². The molecule has 114 valence electrons. The number of methoxy groups -OCH3 is 1. The van der Waals surface area contributed by atoms with Gasteiger partial charge in [-0.3, -0.25) is 14.4 Å². The van der Waals surface area contributed by atoms with E-state index >= 15 is 0 Å². The molecule has 0 bridgehead atoms. The van der Waals surface area contributed by atoms with Crippen LogP contribution in [0.15, 0.2) is 0 Å². The molecule has 1 aliphatic heterocycles. The number of ether oxygens (including phenoxy) is 1. The summed E-state index contributed by atoms with van der Waals surface area (Å²) < 4.78 is 4.94. The summed E-state index contributed by atoms with van der Waals surface area (Å²) in [6.45, 7) is 5.15. The monoisotopic (exact) mass is 285 g/mol. The number of carbonyl (C=O) groups excluding carboxylic acids is 3. The van der Waals surface area contributed by atoms with Crippen molar-refractivity contribution in [2.45, 2.75) is 13.3 Å². The Kier molecular flexibility index (Phi) is 7.00. The molecule has 1 fully saturated rings. The fourth-order valence-corrected chi connectivity index (χ4v) is 2.09. The van der Waals surface area contributed by atoms with Gasteiger partial charge in [-0.25, -0.2) is 0 Å². The number of nitrogens with zero attached hydrogens (tertiary/aromatic N) is 3. The Morgan fingerprint density at radius 2 is 1.85 bits per heavy atom. The van der Waals surface area contributed by atoms with Crippen LogP contribution in [-0.4, -0.2) is 85.9 Å². The standard InChI is InChI=1S/C13H23N3O4/c1-12(18)15(9-10-20-2)4-3-13(19)16-7-5-14(11-17)6-8-16/h11H,3-10H2,1-2H3. The molecule has 7 nitrogen and oxygen atoms in total. The van der Waals surface area contributed by atoms with E-state index in [1.54, 1.807) is 21.8 Å². The van der Waals surface area contributed by atoms with Crippen LogP contribution in [-0.2, 0) is 19.1 Å². The third kappa shape index (κ3) is 5.16. The van der Waals surface area contributed by atoms with E-state index in [2.05, 4.69) is 0 Å². The quantitative estimate of drug-likeness (QED) is 0.573. The van der Waals surface area contributed by atoms with Gasteiger partial charge in [-0.15, -0.1) is 0 Å². The van der Waals surface area contributed by atoms with Crippen LogP contribution in [0.4, 0.5) is 0 Å². The lowest BCUT2D eigenvalue weighted by Crippen LogP contribution is -2.48. The van der Waals surface area contributed by atoms with Gasteiger partial charge >= 0.3 is 0 Å². The molecule has 20 heavy (non-hydrogen) atoms. The lowest BCUT2D eigenvalue weighted by Gasteiger charge is -2.33. The van der Waals surface area contributed by atoms with Gasteiger partial charge in [0.1, 0.15) is 0 Å². The van der Waals surface area contributed by atoms with Gasteiger partial charge < -0.3 is 19.4 Å². The molecular weight excluding hydrogens is 262 g/mol. The molecule has 0 spiro atoms. The van der Waals surface area contributed by atoms with Gasteiger partial charge in [0.2, 0.25) is 18.2 Å². The minimum atomic E-state index is -0.0550. The highest BCUT2D eigenvalue weighted by Crippen LogP contribution is 2.03.